The maximum Gasteiger partial charge on any atom is 0.193 e. The summed E-state index contributed by atoms with van der Waals surface area (Å²) in [4.78, 5) is 11.6. The third kappa shape index (κ3) is 3.74. The molecule has 1 atom stereocenters. The quantitative estimate of drug-likeness (QED) is 0.772. The number of hydrogen-bond donors (Lipinski definition) is 0. The molecule has 80 valence electrons. The van der Waals surface area contributed by atoms with E-state index in [1.54, 1.807) is 0 Å². The van der Waals surface area contributed by atoms with E-state index in [0.29, 0.717) is 16.7 Å². The van der Waals surface area contributed by atoms with Crippen LogP contribution in [0.15, 0.2) is 24.3 Å². The van der Waals surface area contributed by atoms with E-state index in [9.17, 15) is 4.79 Å². The number of thioether (sulfide) groups is 2. The second-order valence-electron chi connectivity index (χ2n) is 3.41. The summed E-state index contributed by atoms with van der Waals surface area (Å²) in [5.41, 5.74) is 0.931. The molecule has 0 N–H and O–H groups in total. The van der Waals surface area contributed by atoms with Crippen LogP contribution in [-0.2, 0) is 11.2 Å². The van der Waals surface area contributed by atoms with Gasteiger partial charge in [-0.2, -0.15) is 11.8 Å². The maximum atomic E-state index is 11.6. The average Bonchev–Trinajstić information content (AvgIpc) is 3.02. The Morgan fingerprint density at radius 2 is 2.27 bits per heavy atom. The molecule has 0 radical (unpaired) electrons. The first kappa shape index (κ1) is 11.4. The molecule has 1 aromatic rings. The van der Waals surface area contributed by atoms with Crippen LogP contribution in [0.3, 0.4) is 0 Å². The van der Waals surface area contributed by atoms with Crippen LogP contribution in [0.5, 0.6) is 0 Å². The van der Waals surface area contributed by atoms with Crippen LogP contribution in [0.2, 0.25) is 5.02 Å². The molecule has 0 saturated carbocycles. The molecule has 0 aliphatic carbocycles. The highest BCUT2D eigenvalue weighted by molar-refractivity contribution is 8.15. The highest BCUT2D eigenvalue weighted by Crippen LogP contribution is 2.33. The van der Waals surface area contributed by atoms with Crippen molar-refractivity contribution in [1.29, 1.82) is 0 Å². The monoisotopic (exact) mass is 258 g/mol. The predicted octanol–water partition coefficient (Wildman–Crippen LogP) is 3.26. The Hall–Kier alpha value is -0.120. The third-order valence-corrected chi connectivity index (χ3v) is 4.71. The summed E-state index contributed by atoms with van der Waals surface area (Å²) in [6.07, 6.45) is 0.446. The van der Waals surface area contributed by atoms with E-state index in [1.807, 2.05) is 36.0 Å². The maximum absolute atomic E-state index is 11.6. The number of carbonyl (C=O) groups excluding carboxylic acids is 1. The molecule has 15 heavy (non-hydrogen) atoms. The summed E-state index contributed by atoms with van der Waals surface area (Å²) in [6, 6.07) is 7.53. The van der Waals surface area contributed by atoms with E-state index < -0.39 is 0 Å². The third-order valence-electron chi connectivity index (χ3n) is 2.13. The lowest BCUT2D eigenvalue weighted by molar-refractivity contribution is -0.110. The van der Waals surface area contributed by atoms with E-state index in [4.69, 9.17) is 11.6 Å². The topological polar surface area (TPSA) is 17.1 Å². The normalized spacial score (nSPS) is 18.9. The first-order valence-corrected chi connectivity index (χ1v) is 7.17. The van der Waals surface area contributed by atoms with Crippen molar-refractivity contribution >= 4 is 40.2 Å². The number of benzene rings is 1. The molecule has 1 heterocycles. The fourth-order valence-corrected chi connectivity index (χ4v) is 3.14. The van der Waals surface area contributed by atoms with Gasteiger partial charge in [0.2, 0.25) is 0 Å². The van der Waals surface area contributed by atoms with Crippen LogP contribution < -0.4 is 0 Å². The van der Waals surface area contributed by atoms with Gasteiger partial charge in [0.1, 0.15) is 0 Å². The molecule has 1 aliphatic rings. The lowest BCUT2D eigenvalue weighted by Gasteiger charge is -2.02. The van der Waals surface area contributed by atoms with E-state index in [1.165, 1.54) is 17.5 Å². The van der Waals surface area contributed by atoms with Crippen molar-refractivity contribution in [2.24, 2.45) is 0 Å². The lowest BCUT2D eigenvalue weighted by atomic mass is 10.2. The molecule has 1 aromatic carbocycles. The number of carbonyl (C=O) groups is 1. The molecule has 1 saturated heterocycles. The van der Waals surface area contributed by atoms with Crippen molar-refractivity contribution in [2.75, 3.05) is 11.5 Å². The summed E-state index contributed by atoms with van der Waals surface area (Å²) in [6.45, 7) is 0. The predicted molar refractivity (Wildman–Crippen MR) is 68.9 cm³/mol. The van der Waals surface area contributed by atoms with Crippen molar-refractivity contribution in [3.05, 3.63) is 34.9 Å². The minimum Gasteiger partial charge on any atom is -0.287 e. The van der Waals surface area contributed by atoms with Gasteiger partial charge in [0.15, 0.2) is 5.12 Å². The number of rotatable bonds is 4. The zero-order valence-corrected chi connectivity index (χ0v) is 10.5. The van der Waals surface area contributed by atoms with Crippen molar-refractivity contribution in [2.45, 2.75) is 11.7 Å². The zero-order chi connectivity index (χ0) is 10.7. The van der Waals surface area contributed by atoms with Gasteiger partial charge in [-0.05, 0) is 11.6 Å². The zero-order valence-electron chi connectivity index (χ0n) is 8.11. The van der Waals surface area contributed by atoms with Crippen molar-refractivity contribution < 1.29 is 4.79 Å². The van der Waals surface area contributed by atoms with Crippen molar-refractivity contribution in [3.63, 3.8) is 0 Å². The molecule has 0 amide bonds. The highest BCUT2D eigenvalue weighted by Gasteiger charge is 2.23. The Balaban J connectivity index is 1.84. The molecule has 1 nitrogen and oxygen atoms in total. The first-order valence-electron chi connectivity index (χ1n) is 4.76. The highest BCUT2D eigenvalue weighted by atomic mass is 35.5. The van der Waals surface area contributed by atoms with Crippen LogP contribution in [0.25, 0.3) is 0 Å². The molecular formula is C11H11ClOS2. The van der Waals surface area contributed by atoms with Gasteiger partial charge in [0, 0.05) is 28.2 Å². The van der Waals surface area contributed by atoms with Gasteiger partial charge in [-0.25, -0.2) is 0 Å². The lowest BCUT2D eigenvalue weighted by Crippen LogP contribution is -2.01. The summed E-state index contributed by atoms with van der Waals surface area (Å²) in [7, 11) is 0. The summed E-state index contributed by atoms with van der Waals surface area (Å²) >= 11 is 9.33. The van der Waals surface area contributed by atoms with Crippen LogP contribution >= 0.6 is 35.1 Å². The van der Waals surface area contributed by atoms with Gasteiger partial charge < -0.3 is 0 Å². The largest absolute Gasteiger partial charge is 0.287 e. The van der Waals surface area contributed by atoms with Crippen LogP contribution in [-0.4, -0.2) is 21.9 Å². The van der Waals surface area contributed by atoms with Gasteiger partial charge in [-0.1, -0.05) is 41.6 Å². The van der Waals surface area contributed by atoms with Crippen LogP contribution in [0.1, 0.15) is 5.56 Å². The van der Waals surface area contributed by atoms with Gasteiger partial charge >= 0.3 is 0 Å². The van der Waals surface area contributed by atoms with Gasteiger partial charge in [0.05, 0.1) is 0 Å². The Morgan fingerprint density at radius 3 is 2.93 bits per heavy atom. The molecule has 0 spiro atoms. The van der Waals surface area contributed by atoms with E-state index >= 15 is 0 Å². The molecule has 0 bridgehead atoms. The van der Waals surface area contributed by atoms with Crippen LogP contribution in [0, 0.1) is 0 Å². The van der Waals surface area contributed by atoms with Crippen LogP contribution in [0.4, 0.5) is 0 Å². The van der Waals surface area contributed by atoms with E-state index in [0.717, 1.165) is 11.3 Å². The van der Waals surface area contributed by atoms with Gasteiger partial charge in [0.25, 0.3) is 0 Å². The van der Waals surface area contributed by atoms with Crippen molar-refractivity contribution in [1.82, 2.24) is 0 Å². The minimum atomic E-state index is 0.218. The summed E-state index contributed by atoms with van der Waals surface area (Å²) < 4.78 is 0. The Bertz CT molecular complexity index is 363. The summed E-state index contributed by atoms with van der Waals surface area (Å²) in [5.74, 6) is 2.17. The van der Waals surface area contributed by atoms with E-state index in [2.05, 4.69) is 0 Å². The number of hydrogen-bond acceptors (Lipinski definition) is 3. The first-order chi connectivity index (χ1) is 7.25. The van der Waals surface area contributed by atoms with E-state index in [-0.39, 0.29) is 5.12 Å². The fourth-order valence-electron chi connectivity index (χ4n) is 1.20. The smallest absolute Gasteiger partial charge is 0.193 e. The molecule has 0 aromatic heterocycles. The molecule has 4 heteroatoms. The van der Waals surface area contributed by atoms with Crippen molar-refractivity contribution in [3.8, 4) is 0 Å². The average molecular weight is 259 g/mol. The molecule has 2 rings (SSSR count). The van der Waals surface area contributed by atoms with Gasteiger partial charge in [-0.15, -0.1) is 0 Å². The second kappa shape index (κ2) is 5.28. The SMILES string of the molecule is O=C(Cc1ccccc1Cl)SCC1CS1. The minimum absolute atomic E-state index is 0.218. The standard InChI is InChI=1S/C11H11ClOS2/c12-10-4-2-1-3-8(10)5-11(13)15-7-9-6-14-9/h1-4,9H,5-7H2. The van der Waals surface area contributed by atoms with Gasteiger partial charge in [-0.3, -0.25) is 4.79 Å². The molecule has 1 unspecified atom stereocenters. The summed E-state index contributed by atoms with van der Waals surface area (Å²) in [5, 5.41) is 1.62. The Kier molecular flexibility index (Phi) is 4.00. The molecular weight excluding hydrogens is 248 g/mol. The second-order valence-corrected chi connectivity index (χ2v) is 6.22. The Labute approximate surface area is 103 Å². The fraction of sp³-hybridized carbons (Fsp3) is 0.364. The Morgan fingerprint density at radius 1 is 1.53 bits per heavy atom. The molecule has 1 fully saturated rings. The number of halogens is 1. The molecule has 1 aliphatic heterocycles.